The van der Waals surface area contributed by atoms with Crippen molar-refractivity contribution in [3.8, 4) is 11.5 Å². The highest BCUT2D eigenvalue weighted by Gasteiger charge is 2.31. The molecule has 4 rings (SSSR count). The smallest absolute Gasteiger partial charge is 0.223 e. The Hall–Kier alpha value is -2.58. The first-order valence-electron chi connectivity index (χ1n) is 10.6. The van der Waals surface area contributed by atoms with Crippen LogP contribution in [-0.4, -0.2) is 51.0 Å². The molecular formula is C23H28N2O5S. The Morgan fingerprint density at radius 3 is 2.45 bits per heavy atom. The topological polar surface area (TPSA) is 84.9 Å². The summed E-state index contributed by atoms with van der Waals surface area (Å²) < 4.78 is 38.5. The van der Waals surface area contributed by atoms with Gasteiger partial charge in [-0.05, 0) is 37.5 Å². The number of carbonyl (C=O) groups excluding carboxylic acids is 1. The minimum absolute atomic E-state index is 0.00929. The summed E-state index contributed by atoms with van der Waals surface area (Å²) in [5.74, 6) is 1.13. The monoisotopic (exact) mass is 444 g/mol. The predicted octanol–water partition coefficient (Wildman–Crippen LogP) is 2.49. The lowest BCUT2D eigenvalue weighted by Crippen LogP contribution is -2.46. The summed E-state index contributed by atoms with van der Waals surface area (Å²) in [5.41, 5.74) is 1.88. The highest BCUT2D eigenvalue weighted by atomic mass is 32.2. The van der Waals surface area contributed by atoms with Crippen LogP contribution in [0.5, 0.6) is 11.5 Å². The number of amides is 1. The van der Waals surface area contributed by atoms with E-state index in [0.29, 0.717) is 50.6 Å². The highest BCUT2D eigenvalue weighted by Crippen LogP contribution is 2.30. The van der Waals surface area contributed by atoms with Crippen LogP contribution >= 0.6 is 0 Å². The number of hydrogen-bond donors (Lipinski definition) is 1. The van der Waals surface area contributed by atoms with Crippen LogP contribution in [0.4, 0.5) is 0 Å². The van der Waals surface area contributed by atoms with E-state index < -0.39 is 10.0 Å². The van der Waals surface area contributed by atoms with Crippen LogP contribution in [0.1, 0.15) is 24.0 Å². The Kier molecular flexibility index (Phi) is 6.48. The molecule has 1 fully saturated rings. The Bertz CT molecular complexity index is 1010. The Labute approximate surface area is 183 Å². The van der Waals surface area contributed by atoms with Crippen LogP contribution < -0.4 is 14.8 Å². The molecule has 0 aliphatic carbocycles. The summed E-state index contributed by atoms with van der Waals surface area (Å²) in [5, 5.41) is 2.94. The van der Waals surface area contributed by atoms with Gasteiger partial charge in [0.25, 0.3) is 0 Å². The van der Waals surface area contributed by atoms with Crippen molar-refractivity contribution in [2.75, 3.05) is 26.2 Å². The molecule has 0 aromatic heterocycles. The molecule has 1 atom stereocenters. The van der Waals surface area contributed by atoms with Crippen LogP contribution in [-0.2, 0) is 20.6 Å². The van der Waals surface area contributed by atoms with Crippen LogP contribution in [0, 0.1) is 12.8 Å². The highest BCUT2D eigenvalue weighted by molar-refractivity contribution is 7.88. The Morgan fingerprint density at radius 2 is 1.74 bits per heavy atom. The van der Waals surface area contributed by atoms with Gasteiger partial charge < -0.3 is 14.8 Å². The van der Waals surface area contributed by atoms with Gasteiger partial charge >= 0.3 is 0 Å². The maximum atomic E-state index is 12.7. The van der Waals surface area contributed by atoms with Gasteiger partial charge in [-0.15, -0.1) is 0 Å². The number of aryl methyl sites for hydroxylation is 1. The van der Waals surface area contributed by atoms with Crippen LogP contribution in [0.2, 0.25) is 0 Å². The van der Waals surface area contributed by atoms with Gasteiger partial charge in [0.15, 0.2) is 11.5 Å². The molecule has 1 N–H and O–H groups in total. The zero-order chi connectivity index (χ0) is 21.8. The average molecular weight is 445 g/mol. The fourth-order valence-corrected chi connectivity index (χ4v) is 5.47. The van der Waals surface area contributed by atoms with Gasteiger partial charge in [-0.3, -0.25) is 4.79 Å². The standard InChI is InChI=1S/C23H28N2O5S/c1-17-6-8-18(9-7-17)16-31(27,28)25-12-10-19(11-13-25)23(26)24-14-20-15-29-21-4-2-3-5-22(21)30-20/h2-9,19-20H,10-16H2,1H3,(H,24,26)/t20-/m0/s1. The number of fused-ring (bicyclic) bond motifs is 1. The van der Waals surface area contributed by atoms with Crippen molar-refractivity contribution in [1.82, 2.24) is 9.62 Å². The molecule has 0 bridgehead atoms. The van der Waals surface area contributed by atoms with Crippen molar-refractivity contribution in [2.45, 2.75) is 31.6 Å². The first kappa shape index (κ1) is 21.6. The summed E-state index contributed by atoms with van der Waals surface area (Å²) in [6, 6.07) is 15.0. The van der Waals surface area contributed by atoms with Crippen LogP contribution in [0.25, 0.3) is 0 Å². The number of sulfonamides is 1. The molecule has 1 saturated heterocycles. The normalized spacial score (nSPS) is 19.7. The number of benzene rings is 2. The van der Waals surface area contributed by atoms with Crippen molar-refractivity contribution in [3.63, 3.8) is 0 Å². The molecular weight excluding hydrogens is 416 g/mol. The number of nitrogens with one attached hydrogen (secondary N) is 1. The van der Waals surface area contributed by atoms with E-state index in [1.807, 2.05) is 55.5 Å². The van der Waals surface area contributed by atoms with Crippen molar-refractivity contribution in [1.29, 1.82) is 0 Å². The van der Waals surface area contributed by atoms with Crippen molar-refractivity contribution in [3.05, 3.63) is 59.7 Å². The van der Waals surface area contributed by atoms with Gasteiger partial charge in [0.05, 0.1) is 12.3 Å². The number of carbonyl (C=O) groups is 1. The lowest BCUT2D eigenvalue weighted by atomic mass is 9.97. The number of para-hydroxylation sites is 2. The van der Waals surface area contributed by atoms with E-state index in [1.165, 1.54) is 4.31 Å². The zero-order valence-corrected chi connectivity index (χ0v) is 18.4. The molecule has 2 aromatic carbocycles. The predicted molar refractivity (Wildman–Crippen MR) is 117 cm³/mol. The molecule has 31 heavy (non-hydrogen) atoms. The molecule has 2 aliphatic rings. The van der Waals surface area contributed by atoms with E-state index in [0.717, 1.165) is 11.1 Å². The molecule has 0 spiro atoms. The summed E-state index contributed by atoms with van der Waals surface area (Å²) in [7, 11) is -3.39. The maximum Gasteiger partial charge on any atom is 0.223 e. The van der Waals surface area contributed by atoms with Crippen molar-refractivity contribution < 1.29 is 22.7 Å². The van der Waals surface area contributed by atoms with E-state index in [-0.39, 0.29) is 23.7 Å². The van der Waals surface area contributed by atoms with Crippen LogP contribution in [0.15, 0.2) is 48.5 Å². The third-order valence-corrected chi connectivity index (χ3v) is 7.61. The first-order chi connectivity index (χ1) is 14.9. The van der Waals surface area contributed by atoms with Gasteiger partial charge in [-0.2, -0.15) is 0 Å². The zero-order valence-electron chi connectivity index (χ0n) is 17.6. The summed E-state index contributed by atoms with van der Waals surface area (Å²) in [6.07, 6.45) is 0.794. The van der Waals surface area contributed by atoms with E-state index in [4.69, 9.17) is 9.47 Å². The van der Waals surface area contributed by atoms with Crippen molar-refractivity contribution >= 4 is 15.9 Å². The maximum absolute atomic E-state index is 12.7. The molecule has 8 heteroatoms. The third kappa shape index (κ3) is 5.37. The number of hydrogen-bond acceptors (Lipinski definition) is 5. The molecule has 2 aromatic rings. The molecule has 0 radical (unpaired) electrons. The third-order valence-electron chi connectivity index (χ3n) is 5.76. The molecule has 166 valence electrons. The summed E-state index contributed by atoms with van der Waals surface area (Å²) >= 11 is 0. The molecule has 7 nitrogen and oxygen atoms in total. The van der Waals surface area contributed by atoms with E-state index in [1.54, 1.807) is 0 Å². The summed E-state index contributed by atoms with van der Waals surface area (Å²) in [6.45, 7) is 3.44. The molecule has 0 saturated carbocycles. The second-order valence-corrected chi connectivity index (χ2v) is 10.1. The lowest BCUT2D eigenvalue weighted by molar-refractivity contribution is -0.126. The Balaban J connectivity index is 1.24. The van der Waals surface area contributed by atoms with Gasteiger partial charge in [0.1, 0.15) is 12.7 Å². The van der Waals surface area contributed by atoms with Gasteiger partial charge in [0.2, 0.25) is 15.9 Å². The van der Waals surface area contributed by atoms with Gasteiger partial charge in [0, 0.05) is 19.0 Å². The number of piperidine rings is 1. The second kappa shape index (κ2) is 9.28. The van der Waals surface area contributed by atoms with Gasteiger partial charge in [-0.25, -0.2) is 12.7 Å². The minimum Gasteiger partial charge on any atom is -0.486 e. The SMILES string of the molecule is Cc1ccc(CS(=O)(=O)N2CCC(C(=O)NC[C@H]3COc4ccccc4O3)CC2)cc1. The fraction of sp³-hybridized carbons (Fsp3) is 0.435. The van der Waals surface area contributed by atoms with Crippen molar-refractivity contribution in [2.24, 2.45) is 5.92 Å². The molecule has 2 heterocycles. The van der Waals surface area contributed by atoms with Gasteiger partial charge in [-0.1, -0.05) is 42.0 Å². The lowest BCUT2D eigenvalue weighted by Gasteiger charge is -2.31. The minimum atomic E-state index is -3.39. The average Bonchev–Trinajstić information content (AvgIpc) is 2.79. The van der Waals surface area contributed by atoms with E-state index in [2.05, 4.69) is 5.32 Å². The van der Waals surface area contributed by atoms with Crippen LogP contribution in [0.3, 0.4) is 0 Å². The fourth-order valence-electron chi connectivity index (χ4n) is 3.90. The molecule has 0 unspecified atom stereocenters. The number of nitrogens with zero attached hydrogens (tertiary/aromatic N) is 1. The summed E-state index contributed by atoms with van der Waals surface area (Å²) in [4.78, 5) is 12.6. The van der Waals surface area contributed by atoms with E-state index in [9.17, 15) is 13.2 Å². The molecule has 1 amide bonds. The number of ether oxygens (including phenoxy) is 2. The second-order valence-electron chi connectivity index (χ2n) is 8.16. The quantitative estimate of drug-likeness (QED) is 0.740. The van der Waals surface area contributed by atoms with E-state index >= 15 is 0 Å². The largest absolute Gasteiger partial charge is 0.486 e. The Morgan fingerprint density at radius 1 is 1.06 bits per heavy atom. The number of rotatable bonds is 6. The molecule has 2 aliphatic heterocycles. The first-order valence-corrected chi connectivity index (χ1v) is 12.2.